The summed E-state index contributed by atoms with van der Waals surface area (Å²) >= 11 is 5.80. The van der Waals surface area contributed by atoms with Crippen LogP contribution in [0.1, 0.15) is 26.3 Å². The summed E-state index contributed by atoms with van der Waals surface area (Å²) in [5, 5.41) is 0.123. The van der Waals surface area contributed by atoms with Crippen molar-refractivity contribution in [1.29, 1.82) is 0 Å². The molecule has 0 aliphatic rings. The number of halogens is 2. The van der Waals surface area contributed by atoms with Gasteiger partial charge in [-0.05, 0) is 25.0 Å². The molecule has 0 radical (unpaired) electrons. The highest BCUT2D eigenvalue weighted by atomic mass is 35.5. The topological polar surface area (TPSA) is 46.2 Å². The second kappa shape index (κ2) is 5.99. The average Bonchev–Trinajstić information content (AvgIpc) is 2.23. The highest BCUT2D eigenvalue weighted by Gasteiger charge is 2.20. The Morgan fingerprint density at radius 3 is 2.44 bits per heavy atom. The van der Waals surface area contributed by atoms with Crippen molar-refractivity contribution >= 4 is 21.6 Å². The highest BCUT2D eigenvalue weighted by molar-refractivity contribution is 7.88. The van der Waals surface area contributed by atoms with Crippen LogP contribution in [0.5, 0.6) is 0 Å². The van der Waals surface area contributed by atoms with Gasteiger partial charge < -0.3 is 0 Å². The van der Waals surface area contributed by atoms with Crippen LogP contribution in [-0.2, 0) is 15.8 Å². The van der Waals surface area contributed by atoms with Gasteiger partial charge in [0.15, 0.2) is 0 Å². The Kier molecular flexibility index (Phi) is 5.13. The van der Waals surface area contributed by atoms with Crippen molar-refractivity contribution in [2.24, 2.45) is 5.92 Å². The Bertz CT molecular complexity index is 497. The molecule has 0 aliphatic heterocycles. The molecule has 0 amide bonds. The summed E-state index contributed by atoms with van der Waals surface area (Å²) in [7, 11) is -3.60. The molecule has 0 saturated carbocycles. The van der Waals surface area contributed by atoms with Gasteiger partial charge in [0.05, 0.1) is 5.75 Å². The molecular weight excluding hydrogens is 277 g/mol. The van der Waals surface area contributed by atoms with E-state index in [4.69, 9.17) is 11.6 Å². The molecule has 1 aromatic carbocycles. The first-order chi connectivity index (χ1) is 8.23. The van der Waals surface area contributed by atoms with E-state index in [0.29, 0.717) is 0 Å². The maximum atomic E-state index is 13.5. The van der Waals surface area contributed by atoms with Gasteiger partial charge >= 0.3 is 0 Å². The first-order valence-corrected chi connectivity index (χ1v) is 7.69. The van der Waals surface area contributed by atoms with Crippen molar-refractivity contribution < 1.29 is 12.8 Å². The number of benzene rings is 1. The summed E-state index contributed by atoms with van der Waals surface area (Å²) in [6.45, 7) is 5.58. The van der Waals surface area contributed by atoms with Crippen LogP contribution >= 0.6 is 11.6 Å². The number of hydrogen-bond donors (Lipinski definition) is 1. The van der Waals surface area contributed by atoms with E-state index >= 15 is 0 Å². The number of hydrogen-bond acceptors (Lipinski definition) is 2. The summed E-state index contributed by atoms with van der Waals surface area (Å²) in [5.41, 5.74) is 0.00243. The van der Waals surface area contributed by atoms with E-state index in [0.717, 1.165) is 0 Å². The maximum Gasteiger partial charge on any atom is 0.216 e. The van der Waals surface area contributed by atoms with Crippen molar-refractivity contribution in [2.45, 2.75) is 32.6 Å². The van der Waals surface area contributed by atoms with E-state index in [1.54, 1.807) is 6.92 Å². The van der Waals surface area contributed by atoms with Gasteiger partial charge in [-0.25, -0.2) is 17.5 Å². The Hall–Kier alpha value is -0.650. The van der Waals surface area contributed by atoms with Crippen molar-refractivity contribution in [3.8, 4) is 0 Å². The lowest BCUT2D eigenvalue weighted by molar-refractivity contribution is 0.475. The van der Waals surface area contributed by atoms with E-state index < -0.39 is 21.6 Å². The van der Waals surface area contributed by atoms with E-state index in [2.05, 4.69) is 4.72 Å². The molecule has 3 nitrogen and oxygen atoms in total. The molecular formula is C12H17ClFNO2S. The van der Waals surface area contributed by atoms with Crippen LogP contribution < -0.4 is 4.72 Å². The van der Waals surface area contributed by atoms with E-state index in [1.165, 1.54) is 18.2 Å². The quantitative estimate of drug-likeness (QED) is 0.907. The monoisotopic (exact) mass is 293 g/mol. The van der Waals surface area contributed by atoms with Crippen LogP contribution in [0.25, 0.3) is 0 Å². The lowest BCUT2D eigenvalue weighted by atomic mass is 10.1. The largest absolute Gasteiger partial charge is 0.216 e. The zero-order valence-corrected chi connectivity index (χ0v) is 12.1. The van der Waals surface area contributed by atoms with Gasteiger partial charge in [0.25, 0.3) is 0 Å². The number of sulfonamides is 1. The van der Waals surface area contributed by atoms with Gasteiger partial charge in [-0.1, -0.05) is 31.5 Å². The summed E-state index contributed by atoms with van der Waals surface area (Å²) in [4.78, 5) is 0. The second-order valence-corrected chi connectivity index (χ2v) is 6.77. The highest BCUT2D eigenvalue weighted by Crippen LogP contribution is 2.21. The third kappa shape index (κ3) is 4.23. The molecule has 0 heterocycles. The Morgan fingerprint density at radius 1 is 1.33 bits per heavy atom. The van der Waals surface area contributed by atoms with Crippen molar-refractivity contribution in [1.82, 2.24) is 4.72 Å². The third-order valence-electron chi connectivity index (χ3n) is 2.76. The molecule has 0 bridgehead atoms. The van der Waals surface area contributed by atoms with Crippen LogP contribution in [0, 0.1) is 11.7 Å². The molecule has 102 valence electrons. The second-order valence-electron chi connectivity index (χ2n) is 4.61. The van der Waals surface area contributed by atoms with E-state index in [1.807, 2.05) is 13.8 Å². The molecule has 0 spiro atoms. The minimum absolute atomic E-state index is 0.00243. The van der Waals surface area contributed by atoms with Crippen LogP contribution in [-0.4, -0.2) is 14.5 Å². The first kappa shape index (κ1) is 15.4. The van der Waals surface area contributed by atoms with Crippen LogP contribution in [0.4, 0.5) is 4.39 Å². The fourth-order valence-corrected chi connectivity index (χ4v) is 3.23. The molecule has 1 aromatic rings. The maximum absolute atomic E-state index is 13.5. The van der Waals surface area contributed by atoms with Gasteiger partial charge in [-0.3, -0.25) is 0 Å². The van der Waals surface area contributed by atoms with Crippen LogP contribution in [0.15, 0.2) is 18.2 Å². The van der Waals surface area contributed by atoms with E-state index in [-0.39, 0.29) is 22.5 Å². The lowest BCUT2D eigenvalue weighted by Gasteiger charge is -2.17. The minimum Gasteiger partial charge on any atom is -0.212 e. The molecule has 0 unspecified atom stereocenters. The normalized spacial score (nSPS) is 13.9. The van der Waals surface area contributed by atoms with Crippen molar-refractivity contribution in [2.75, 3.05) is 0 Å². The predicted octanol–water partition coefficient (Wildman–Crippen LogP) is 2.94. The van der Waals surface area contributed by atoms with Gasteiger partial charge in [-0.15, -0.1) is 0 Å². The van der Waals surface area contributed by atoms with Crippen LogP contribution in [0.3, 0.4) is 0 Å². The standard InChI is InChI=1S/C12H17ClFNO2S/c1-8(2)9(3)15-18(16,17)7-10-11(13)5-4-6-12(10)14/h4-6,8-9,15H,7H2,1-3H3/t9-/m1/s1. The number of rotatable bonds is 5. The minimum atomic E-state index is -3.60. The summed E-state index contributed by atoms with van der Waals surface area (Å²) in [6, 6.07) is 3.91. The SMILES string of the molecule is CC(C)[C@@H](C)NS(=O)(=O)Cc1c(F)cccc1Cl. The molecule has 1 rings (SSSR count). The van der Waals surface area contributed by atoms with Crippen molar-refractivity contribution in [3.05, 3.63) is 34.6 Å². The van der Waals surface area contributed by atoms with Gasteiger partial charge in [0, 0.05) is 16.6 Å². The zero-order valence-electron chi connectivity index (χ0n) is 10.6. The zero-order chi connectivity index (χ0) is 13.9. The van der Waals surface area contributed by atoms with Gasteiger partial charge in [0.1, 0.15) is 5.82 Å². The predicted molar refractivity (Wildman–Crippen MR) is 71.5 cm³/mol. The Labute approximate surface area is 112 Å². The van der Waals surface area contributed by atoms with Crippen molar-refractivity contribution in [3.63, 3.8) is 0 Å². The molecule has 1 N–H and O–H groups in total. The van der Waals surface area contributed by atoms with E-state index in [9.17, 15) is 12.8 Å². The third-order valence-corrected chi connectivity index (χ3v) is 4.52. The smallest absolute Gasteiger partial charge is 0.212 e. The Balaban J connectivity index is 2.90. The van der Waals surface area contributed by atoms with Crippen LogP contribution in [0.2, 0.25) is 5.02 Å². The first-order valence-electron chi connectivity index (χ1n) is 5.66. The lowest BCUT2D eigenvalue weighted by Crippen LogP contribution is -2.37. The molecule has 1 atom stereocenters. The fourth-order valence-electron chi connectivity index (χ4n) is 1.32. The molecule has 0 aromatic heterocycles. The summed E-state index contributed by atoms with van der Waals surface area (Å²) in [6.07, 6.45) is 0. The molecule has 0 saturated heterocycles. The molecule has 0 aliphatic carbocycles. The fraction of sp³-hybridized carbons (Fsp3) is 0.500. The van der Waals surface area contributed by atoms with Gasteiger partial charge in [-0.2, -0.15) is 0 Å². The molecule has 18 heavy (non-hydrogen) atoms. The summed E-state index contributed by atoms with van der Waals surface area (Å²) in [5.74, 6) is -0.892. The average molecular weight is 294 g/mol. The van der Waals surface area contributed by atoms with Gasteiger partial charge in [0.2, 0.25) is 10.0 Å². The summed E-state index contributed by atoms with van der Waals surface area (Å²) < 4.78 is 39.8. The molecule has 6 heteroatoms. The Morgan fingerprint density at radius 2 is 1.94 bits per heavy atom. The molecule has 0 fully saturated rings. The number of nitrogens with one attached hydrogen (secondary N) is 1.